The van der Waals surface area contributed by atoms with Gasteiger partial charge in [-0.15, -0.1) is 0 Å². The molecule has 3 nitrogen and oxygen atoms in total. The highest BCUT2D eigenvalue weighted by atomic mass is 15.3. The lowest BCUT2D eigenvalue weighted by Gasteiger charge is -2.05. The van der Waals surface area contributed by atoms with Crippen LogP contribution in [0.3, 0.4) is 0 Å². The smallest absolute Gasteiger partial charge is 0.111 e. The molecule has 0 saturated heterocycles. The maximum atomic E-state index is 5.38. The number of aromatic nitrogens is 2. The average Bonchev–Trinajstić information content (AvgIpc) is 2.60. The van der Waals surface area contributed by atoms with E-state index in [0.717, 1.165) is 18.5 Å². The molecule has 3 heteroatoms. The van der Waals surface area contributed by atoms with E-state index in [1.165, 1.54) is 0 Å². The summed E-state index contributed by atoms with van der Waals surface area (Å²) in [7, 11) is 0. The number of hydrogen-bond acceptors (Lipinski definition) is 2. The van der Waals surface area contributed by atoms with Gasteiger partial charge >= 0.3 is 0 Å². The molecule has 1 rings (SSSR count). The van der Waals surface area contributed by atoms with Gasteiger partial charge in [-0.2, -0.15) is 5.10 Å². The minimum Gasteiger partial charge on any atom is -0.330 e. The van der Waals surface area contributed by atoms with E-state index in [0.29, 0.717) is 12.6 Å². The maximum absolute atomic E-state index is 5.38. The molecule has 1 aromatic heterocycles. The first-order valence-electron chi connectivity index (χ1n) is 4.98. The monoisotopic (exact) mass is 191 g/mol. The van der Waals surface area contributed by atoms with Gasteiger partial charge in [-0.05, 0) is 38.8 Å². The van der Waals surface area contributed by atoms with E-state index in [4.69, 9.17) is 5.73 Å². The molecule has 1 heterocycles. The zero-order chi connectivity index (χ0) is 10.4. The Labute approximate surface area is 85.3 Å². The van der Waals surface area contributed by atoms with Crippen LogP contribution in [0.5, 0.6) is 0 Å². The molecule has 0 aromatic carbocycles. The number of rotatable bonds is 3. The average molecular weight is 191 g/mol. The van der Waals surface area contributed by atoms with Crippen molar-refractivity contribution in [1.29, 1.82) is 0 Å². The van der Waals surface area contributed by atoms with Gasteiger partial charge in [0.05, 0.1) is 6.20 Å². The third-order valence-electron chi connectivity index (χ3n) is 1.88. The van der Waals surface area contributed by atoms with E-state index in [2.05, 4.69) is 30.8 Å². The fraction of sp³-hybridized carbons (Fsp3) is 0.545. The molecule has 0 saturated carbocycles. The first-order chi connectivity index (χ1) is 6.75. The Morgan fingerprint density at radius 2 is 2.36 bits per heavy atom. The predicted molar refractivity (Wildman–Crippen MR) is 57.8 cm³/mol. The van der Waals surface area contributed by atoms with Gasteiger partial charge < -0.3 is 5.73 Å². The SMILES string of the molecule is CC(C)n1nccc1C#CCCCN. The van der Waals surface area contributed by atoms with Gasteiger partial charge in [-0.3, -0.25) is 4.68 Å². The second-order valence-corrected chi connectivity index (χ2v) is 3.45. The summed E-state index contributed by atoms with van der Waals surface area (Å²) in [5, 5.41) is 4.20. The summed E-state index contributed by atoms with van der Waals surface area (Å²) in [6.07, 6.45) is 3.61. The van der Waals surface area contributed by atoms with Crippen LogP contribution in [0.4, 0.5) is 0 Å². The normalized spacial score (nSPS) is 10.0. The Hall–Kier alpha value is -1.27. The van der Waals surface area contributed by atoms with Crippen molar-refractivity contribution in [2.24, 2.45) is 5.73 Å². The summed E-state index contributed by atoms with van der Waals surface area (Å²) in [6, 6.07) is 2.30. The van der Waals surface area contributed by atoms with Crippen molar-refractivity contribution in [3.63, 3.8) is 0 Å². The van der Waals surface area contributed by atoms with Crippen molar-refractivity contribution in [1.82, 2.24) is 9.78 Å². The molecule has 0 unspecified atom stereocenters. The second kappa shape index (κ2) is 5.46. The lowest BCUT2D eigenvalue weighted by Crippen LogP contribution is -2.04. The van der Waals surface area contributed by atoms with Crippen LogP contribution in [0.25, 0.3) is 0 Å². The van der Waals surface area contributed by atoms with Crippen LogP contribution < -0.4 is 5.73 Å². The minimum atomic E-state index is 0.365. The van der Waals surface area contributed by atoms with Crippen molar-refractivity contribution < 1.29 is 0 Å². The van der Waals surface area contributed by atoms with Crippen LogP contribution in [-0.4, -0.2) is 16.3 Å². The summed E-state index contributed by atoms with van der Waals surface area (Å²) in [6.45, 7) is 4.90. The largest absolute Gasteiger partial charge is 0.330 e. The highest BCUT2D eigenvalue weighted by Crippen LogP contribution is 2.06. The lowest BCUT2D eigenvalue weighted by atomic mass is 10.3. The summed E-state index contributed by atoms with van der Waals surface area (Å²) >= 11 is 0. The fourth-order valence-electron chi connectivity index (χ4n) is 1.17. The summed E-state index contributed by atoms with van der Waals surface area (Å²) in [5.41, 5.74) is 6.36. The zero-order valence-corrected chi connectivity index (χ0v) is 8.83. The molecule has 0 radical (unpaired) electrons. The van der Waals surface area contributed by atoms with E-state index in [1.54, 1.807) is 6.20 Å². The van der Waals surface area contributed by atoms with Gasteiger partial charge in [-0.25, -0.2) is 0 Å². The van der Waals surface area contributed by atoms with Crippen LogP contribution in [0.15, 0.2) is 12.3 Å². The standard InChI is InChI=1S/C11H17N3/c1-10(2)14-11(7-9-13-14)6-4-3-5-8-12/h7,9-10H,3,5,8,12H2,1-2H3. The zero-order valence-electron chi connectivity index (χ0n) is 8.83. The van der Waals surface area contributed by atoms with Gasteiger partial charge in [0.2, 0.25) is 0 Å². The summed E-state index contributed by atoms with van der Waals surface area (Å²) < 4.78 is 1.93. The van der Waals surface area contributed by atoms with Crippen molar-refractivity contribution in [3.05, 3.63) is 18.0 Å². The van der Waals surface area contributed by atoms with Crippen molar-refractivity contribution >= 4 is 0 Å². The van der Waals surface area contributed by atoms with Gasteiger partial charge in [0.15, 0.2) is 0 Å². The van der Waals surface area contributed by atoms with Crippen LogP contribution in [-0.2, 0) is 0 Å². The molecular weight excluding hydrogens is 174 g/mol. The minimum absolute atomic E-state index is 0.365. The molecule has 0 atom stereocenters. The van der Waals surface area contributed by atoms with E-state index in [-0.39, 0.29) is 0 Å². The van der Waals surface area contributed by atoms with Crippen molar-refractivity contribution in [3.8, 4) is 11.8 Å². The van der Waals surface area contributed by atoms with Crippen molar-refractivity contribution in [2.75, 3.05) is 6.54 Å². The molecule has 1 aromatic rings. The molecule has 0 aliphatic rings. The van der Waals surface area contributed by atoms with E-state index in [9.17, 15) is 0 Å². The number of nitrogens with zero attached hydrogens (tertiary/aromatic N) is 2. The summed E-state index contributed by atoms with van der Waals surface area (Å²) in [4.78, 5) is 0. The molecule has 2 N–H and O–H groups in total. The number of unbranched alkanes of at least 4 members (excludes halogenated alkanes) is 1. The van der Waals surface area contributed by atoms with Gasteiger partial charge in [0.25, 0.3) is 0 Å². The molecule has 0 amide bonds. The molecular formula is C11H17N3. The maximum Gasteiger partial charge on any atom is 0.111 e. The molecule has 76 valence electrons. The van der Waals surface area contributed by atoms with Gasteiger partial charge in [0, 0.05) is 12.5 Å². The Morgan fingerprint density at radius 3 is 3.00 bits per heavy atom. The summed E-state index contributed by atoms with van der Waals surface area (Å²) in [5.74, 6) is 6.20. The number of nitrogens with two attached hydrogens (primary N) is 1. The van der Waals surface area contributed by atoms with E-state index in [1.807, 2.05) is 10.7 Å². The molecule has 0 bridgehead atoms. The van der Waals surface area contributed by atoms with Crippen LogP contribution in [0.1, 0.15) is 38.4 Å². The Bertz CT molecular complexity index is 328. The molecule has 0 aliphatic heterocycles. The third-order valence-corrected chi connectivity index (χ3v) is 1.88. The molecule has 0 aliphatic carbocycles. The topological polar surface area (TPSA) is 43.8 Å². The first-order valence-corrected chi connectivity index (χ1v) is 4.98. The van der Waals surface area contributed by atoms with Gasteiger partial charge in [0.1, 0.15) is 5.69 Å². The fourth-order valence-corrected chi connectivity index (χ4v) is 1.17. The van der Waals surface area contributed by atoms with Crippen LogP contribution in [0.2, 0.25) is 0 Å². The molecule has 0 spiro atoms. The first kappa shape index (κ1) is 10.8. The third kappa shape index (κ3) is 2.90. The highest BCUT2D eigenvalue weighted by Gasteiger charge is 2.01. The predicted octanol–water partition coefficient (Wildman–Crippen LogP) is 1.55. The lowest BCUT2D eigenvalue weighted by molar-refractivity contribution is 0.527. The molecule has 0 fully saturated rings. The Kier molecular flexibility index (Phi) is 4.21. The quantitative estimate of drug-likeness (QED) is 0.582. The highest BCUT2D eigenvalue weighted by molar-refractivity contribution is 5.27. The van der Waals surface area contributed by atoms with Crippen LogP contribution in [0, 0.1) is 11.8 Å². The van der Waals surface area contributed by atoms with E-state index >= 15 is 0 Å². The Balaban J connectivity index is 2.64. The van der Waals surface area contributed by atoms with Crippen LogP contribution >= 0.6 is 0 Å². The Morgan fingerprint density at radius 1 is 1.57 bits per heavy atom. The molecule has 14 heavy (non-hydrogen) atoms. The second-order valence-electron chi connectivity index (χ2n) is 3.45. The van der Waals surface area contributed by atoms with E-state index < -0.39 is 0 Å². The van der Waals surface area contributed by atoms with Crippen molar-refractivity contribution in [2.45, 2.75) is 32.7 Å². The van der Waals surface area contributed by atoms with Gasteiger partial charge in [-0.1, -0.05) is 5.92 Å². The number of hydrogen-bond donors (Lipinski definition) is 1.